The van der Waals surface area contributed by atoms with E-state index in [0.29, 0.717) is 11.2 Å². The SMILES string of the molecule is NS(=O)(=O)c1ccc(NC(=S)N=Nc2c(O)[nH]c3ccc(S(=O)(=O)[O-])cc23)cc1. The highest BCUT2D eigenvalue weighted by Gasteiger charge is 2.13. The number of aromatic hydroxyl groups is 1. The minimum Gasteiger partial charge on any atom is -0.744 e. The second-order valence-corrected chi connectivity index (χ2v) is 9.01. The van der Waals surface area contributed by atoms with E-state index in [4.69, 9.17) is 17.4 Å². The zero-order valence-corrected chi connectivity index (χ0v) is 16.7. The first-order valence-electron chi connectivity index (χ1n) is 7.61. The molecular weight excluding hydrogens is 442 g/mol. The number of fused-ring (bicyclic) bond motifs is 1. The second-order valence-electron chi connectivity index (χ2n) is 5.68. The zero-order valence-electron chi connectivity index (χ0n) is 14.2. The van der Waals surface area contributed by atoms with Crippen molar-refractivity contribution >= 4 is 59.7 Å². The molecule has 0 saturated heterocycles. The van der Waals surface area contributed by atoms with Crippen LogP contribution in [-0.2, 0) is 20.1 Å². The number of rotatable bonds is 4. The van der Waals surface area contributed by atoms with Crippen molar-refractivity contribution in [3.8, 4) is 5.88 Å². The van der Waals surface area contributed by atoms with Gasteiger partial charge in [0.05, 0.1) is 15.3 Å². The molecule has 0 aliphatic carbocycles. The third-order valence-corrected chi connectivity index (χ3v) is 5.63. The molecule has 0 fully saturated rings. The van der Waals surface area contributed by atoms with Crippen LogP contribution >= 0.6 is 12.2 Å². The predicted octanol–water partition coefficient (Wildman–Crippen LogP) is 1.91. The quantitative estimate of drug-likeness (QED) is 0.261. The van der Waals surface area contributed by atoms with Crippen LogP contribution in [0.3, 0.4) is 0 Å². The maximum Gasteiger partial charge on any atom is 0.238 e. The Morgan fingerprint density at radius 1 is 1.10 bits per heavy atom. The fourth-order valence-corrected chi connectivity index (χ4v) is 3.54. The Hall–Kier alpha value is -2.91. The summed E-state index contributed by atoms with van der Waals surface area (Å²) in [6.45, 7) is 0. The Kier molecular flexibility index (Phi) is 5.38. The largest absolute Gasteiger partial charge is 0.744 e. The number of sulfonamides is 1. The van der Waals surface area contributed by atoms with Gasteiger partial charge in [0.2, 0.25) is 21.0 Å². The van der Waals surface area contributed by atoms with Crippen molar-refractivity contribution in [1.29, 1.82) is 0 Å². The van der Waals surface area contributed by atoms with Crippen molar-refractivity contribution in [2.24, 2.45) is 15.4 Å². The highest BCUT2D eigenvalue weighted by Crippen LogP contribution is 2.36. The highest BCUT2D eigenvalue weighted by molar-refractivity contribution is 7.89. The number of H-pyrrole nitrogens is 1. The van der Waals surface area contributed by atoms with Crippen LogP contribution in [0.15, 0.2) is 62.5 Å². The van der Waals surface area contributed by atoms with Crippen molar-refractivity contribution in [1.82, 2.24) is 4.98 Å². The Balaban J connectivity index is 1.84. The Morgan fingerprint density at radius 2 is 1.72 bits per heavy atom. The van der Waals surface area contributed by atoms with E-state index in [9.17, 15) is 26.5 Å². The van der Waals surface area contributed by atoms with Crippen LogP contribution in [0.1, 0.15) is 0 Å². The van der Waals surface area contributed by atoms with E-state index in [1.54, 1.807) is 0 Å². The molecule has 5 N–H and O–H groups in total. The summed E-state index contributed by atoms with van der Waals surface area (Å²) in [5.74, 6) is -0.399. The van der Waals surface area contributed by atoms with E-state index in [0.717, 1.165) is 12.1 Å². The summed E-state index contributed by atoms with van der Waals surface area (Å²) in [5.41, 5.74) is 0.629. The van der Waals surface area contributed by atoms with Crippen LogP contribution in [-0.4, -0.2) is 36.6 Å². The fourth-order valence-electron chi connectivity index (χ4n) is 2.37. The topological polar surface area (TPSA) is 190 Å². The molecule has 0 bridgehead atoms. The molecule has 0 amide bonds. The lowest BCUT2D eigenvalue weighted by Gasteiger charge is -2.06. The molecule has 0 atom stereocenters. The molecule has 3 aromatic rings. The van der Waals surface area contributed by atoms with Gasteiger partial charge in [-0.1, -0.05) is 0 Å². The first-order valence-corrected chi connectivity index (χ1v) is 11.0. The summed E-state index contributed by atoms with van der Waals surface area (Å²) in [6.07, 6.45) is 0. The van der Waals surface area contributed by atoms with Crippen molar-refractivity contribution in [3.63, 3.8) is 0 Å². The smallest absolute Gasteiger partial charge is 0.238 e. The number of aromatic nitrogens is 1. The van der Waals surface area contributed by atoms with Gasteiger partial charge >= 0.3 is 0 Å². The molecule has 3 rings (SSSR count). The number of benzene rings is 2. The first kappa shape index (κ1) is 20.8. The third kappa shape index (κ3) is 4.75. The lowest BCUT2D eigenvalue weighted by molar-refractivity contribution is 0.459. The number of anilines is 1. The molecule has 0 spiro atoms. The van der Waals surface area contributed by atoms with Crippen molar-refractivity contribution < 1.29 is 26.5 Å². The third-order valence-electron chi connectivity index (χ3n) is 3.69. The summed E-state index contributed by atoms with van der Waals surface area (Å²) in [7, 11) is -8.52. The highest BCUT2D eigenvalue weighted by atomic mass is 32.2. The number of nitrogens with one attached hydrogen (secondary N) is 2. The van der Waals surface area contributed by atoms with Crippen LogP contribution in [0.2, 0.25) is 0 Å². The van der Waals surface area contributed by atoms with Gasteiger partial charge in [-0.2, -0.15) is 0 Å². The Morgan fingerprint density at radius 3 is 2.31 bits per heavy atom. The molecule has 29 heavy (non-hydrogen) atoms. The molecule has 0 aliphatic heterocycles. The number of hydrogen-bond donors (Lipinski definition) is 4. The van der Waals surface area contributed by atoms with E-state index in [1.807, 2.05) is 0 Å². The van der Waals surface area contributed by atoms with Gasteiger partial charge in [-0.3, -0.25) is 0 Å². The number of hydrogen-bond acceptors (Lipinski definition) is 8. The Bertz CT molecular complexity index is 1350. The van der Waals surface area contributed by atoms with Gasteiger partial charge < -0.3 is 20.0 Å². The van der Waals surface area contributed by atoms with Gasteiger partial charge in [0, 0.05) is 11.1 Å². The van der Waals surface area contributed by atoms with Crippen molar-refractivity contribution in [3.05, 3.63) is 42.5 Å². The number of aromatic amines is 1. The molecule has 14 heteroatoms. The van der Waals surface area contributed by atoms with E-state index in [2.05, 4.69) is 20.5 Å². The van der Waals surface area contributed by atoms with Gasteiger partial charge in [-0.15, -0.1) is 10.2 Å². The standard InChI is InChI=1S/C15H13N5O6S3/c16-28(22,23)9-3-1-8(2-4-9)17-15(27)20-19-13-11-7-10(29(24,25)26)5-6-12(11)18-14(13)21/h1-7,18,21H,(H,17,27)(H2,16,22,23)(H,24,25,26)/p-1. The Labute approximate surface area is 170 Å². The number of azo groups is 1. The van der Waals surface area contributed by atoms with Crippen LogP contribution < -0.4 is 10.5 Å². The second kappa shape index (κ2) is 7.49. The minimum absolute atomic E-state index is 0.0801. The lowest BCUT2D eigenvalue weighted by atomic mass is 10.2. The normalized spacial score (nSPS) is 12.5. The van der Waals surface area contributed by atoms with E-state index in [1.165, 1.54) is 30.3 Å². The molecule has 0 aliphatic rings. The maximum atomic E-state index is 11.2. The molecular formula is C15H12N5O6S3-. The summed E-state index contributed by atoms with van der Waals surface area (Å²) in [5, 5.41) is 25.2. The maximum absolute atomic E-state index is 11.2. The molecule has 1 aromatic heterocycles. The van der Waals surface area contributed by atoms with Crippen LogP contribution in [0.25, 0.3) is 10.9 Å². The summed E-state index contributed by atoms with van der Waals surface area (Å²) >= 11 is 5.01. The van der Waals surface area contributed by atoms with E-state index >= 15 is 0 Å². The average Bonchev–Trinajstić information content (AvgIpc) is 2.93. The molecule has 1 heterocycles. The molecule has 0 unspecified atom stereocenters. The first-order chi connectivity index (χ1) is 13.4. The van der Waals surface area contributed by atoms with Gasteiger partial charge in [0.15, 0.2) is 5.69 Å². The molecule has 0 radical (unpaired) electrons. The lowest BCUT2D eigenvalue weighted by Crippen LogP contribution is -2.12. The minimum atomic E-state index is -4.70. The monoisotopic (exact) mass is 454 g/mol. The molecule has 0 saturated carbocycles. The van der Waals surface area contributed by atoms with Crippen LogP contribution in [0, 0.1) is 0 Å². The van der Waals surface area contributed by atoms with Crippen molar-refractivity contribution in [2.75, 3.05) is 5.32 Å². The van der Waals surface area contributed by atoms with E-state index in [-0.39, 0.29) is 21.1 Å². The zero-order chi connectivity index (χ0) is 21.4. The average molecular weight is 454 g/mol. The van der Waals surface area contributed by atoms with Gasteiger partial charge in [-0.05, 0) is 54.7 Å². The fraction of sp³-hybridized carbons (Fsp3) is 0. The number of primary sulfonamides is 1. The summed E-state index contributed by atoms with van der Waals surface area (Å²) < 4.78 is 56.1. The van der Waals surface area contributed by atoms with Crippen LogP contribution in [0.5, 0.6) is 5.88 Å². The number of nitrogens with two attached hydrogens (primary N) is 1. The van der Waals surface area contributed by atoms with Gasteiger partial charge in [0.1, 0.15) is 10.1 Å². The molecule has 11 nitrogen and oxygen atoms in total. The molecule has 152 valence electrons. The number of nitrogens with zero attached hydrogens (tertiary/aromatic N) is 2. The van der Waals surface area contributed by atoms with Gasteiger partial charge in [-0.25, -0.2) is 22.0 Å². The summed E-state index contributed by atoms with van der Waals surface area (Å²) in [4.78, 5) is 2.00. The van der Waals surface area contributed by atoms with Gasteiger partial charge in [0.25, 0.3) is 0 Å². The molecule has 2 aromatic carbocycles. The predicted molar refractivity (Wildman–Crippen MR) is 106 cm³/mol. The number of thiocarbonyl (C=S) groups is 1. The van der Waals surface area contributed by atoms with Crippen LogP contribution in [0.4, 0.5) is 11.4 Å². The summed E-state index contributed by atoms with van der Waals surface area (Å²) in [6, 6.07) is 8.83. The van der Waals surface area contributed by atoms with Crippen molar-refractivity contribution in [2.45, 2.75) is 9.79 Å². The van der Waals surface area contributed by atoms with E-state index < -0.39 is 30.9 Å².